The Morgan fingerprint density at radius 3 is 2.34 bits per heavy atom. The van der Waals surface area contributed by atoms with Crippen LogP contribution in [0.15, 0.2) is 72.3 Å². The lowest BCUT2D eigenvalue weighted by Gasteiger charge is -2.26. The van der Waals surface area contributed by atoms with E-state index in [9.17, 15) is 28.6 Å². The van der Waals surface area contributed by atoms with E-state index in [0.29, 0.717) is 11.6 Å². The number of anilines is 1. The first-order valence-corrected chi connectivity index (χ1v) is 9.52. The number of carbonyl (C=O) groups is 2. The Morgan fingerprint density at radius 1 is 1.00 bits per heavy atom. The van der Waals surface area contributed by atoms with Crippen molar-refractivity contribution in [1.82, 2.24) is 0 Å². The first kappa shape index (κ1) is 21.0. The van der Waals surface area contributed by atoms with Crippen LogP contribution in [-0.4, -0.2) is 29.0 Å². The fourth-order valence-corrected chi connectivity index (χ4v) is 3.72. The minimum Gasteiger partial charge on any atom is -0.508 e. The first-order chi connectivity index (χ1) is 15.3. The number of phenols is 1. The molecule has 3 aromatic rings. The van der Waals surface area contributed by atoms with Crippen molar-refractivity contribution in [1.29, 1.82) is 0 Å². The molecule has 8 heteroatoms. The number of benzene rings is 3. The van der Waals surface area contributed by atoms with Crippen LogP contribution in [0.5, 0.6) is 11.5 Å². The lowest BCUT2D eigenvalue weighted by molar-refractivity contribution is -0.132. The van der Waals surface area contributed by atoms with Crippen LogP contribution < -0.4 is 9.64 Å². The SMILES string of the molecule is COc1ccccc1/C(O)=C1\C(=O)C(=O)N(c2ccc(F)cc2F)C1c1ccc(O)cc1. The number of aliphatic hydroxyl groups excluding tert-OH is 1. The van der Waals surface area contributed by atoms with Gasteiger partial charge < -0.3 is 14.9 Å². The molecule has 0 saturated carbocycles. The van der Waals surface area contributed by atoms with Crippen molar-refractivity contribution in [3.8, 4) is 11.5 Å². The number of nitrogens with zero attached hydrogens (tertiary/aromatic N) is 1. The zero-order valence-electron chi connectivity index (χ0n) is 16.8. The molecule has 0 bridgehead atoms. The highest BCUT2D eigenvalue weighted by Crippen LogP contribution is 2.44. The van der Waals surface area contributed by atoms with Crippen molar-refractivity contribution >= 4 is 23.1 Å². The molecule has 1 aliphatic rings. The van der Waals surface area contributed by atoms with E-state index in [2.05, 4.69) is 0 Å². The van der Waals surface area contributed by atoms with Gasteiger partial charge in [-0.05, 0) is 42.0 Å². The van der Waals surface area contributed by atoms with Crippen molar-refractivity contribution in [3.05, 3.63) is 95.1 Å². The average Bonchev–Trinajstić information content (AvgIpc) is 3.04. The number of aromatic hydroxyl groups is 1. The lowest BCUT2D eigenvalue weighted by Crippen LogP contribution is -2.30. The molecular weight excluding hydrogens is 420 g/mol. The van der Waals surface area contributed by atoms with Gasteiger partial charge in [0.25, 0.3) is 11.7 Å². The second-order valence-electron chi connectivity index (χ2n) is 7.06. The van der Waals surface area contributed by atoms with E-state index in [1.54, 1.807) is 18.2 Å². The summed E-state index contributed by atoms with van der Waals surface area (Å²) in [5.74, 6) is -4.35. The van der Waals surface area contributed by atoms with Crippen molar-refractivity contribution in [3.63, 3.8) is 0 Å². The molecule has 1 fully saturated rings. The van der Waals surface area contributed by atoms with E-state index in [1.165, 1.54) is 37.4 Å². The van der Waals surface area contributed by atoms with Crippen molar-refractivity contribution in [2.45, 2.75) is 6.04 Å². The van der Waals surface area contributed by atoms with Crippen LogP contribution in [0, 0.1) is 11.6 Å². The molecular formula is C24H17F2NO5. The summed E-state index contributed by atoms with van der Waals surface area (Å²) in [6, 6.07) is 13.3. The van der Waals surface area contributed by atoms with Gasteiger partial charge in [0.1, 0.15) is 28.9 Å². The molecule has 1 aliphatic heterocycles. The first-order valence-electron chi connectivity index (χ1n) is 9.52. The number of hydrogen-bond donors (Lipinski definition) is 2. The van der Waals surface area contributed by atoms with Gasteiger partial charge in [-0.2, -0.15) is 0 Å². The summed E-state index contributed by atoms with van der Waals surface area (Å²) in [4.78, 5) is 26.9. The monoisotopic (exact) mass is 437 g/mol. The molecule has 1 atom stereocenters. The maximum atomic E-state index is 14.6. The molecule has 1 heterocycles. The Morgan fingerprint density at radius 2 is 1.69 bits per heavy atom. The molecule has 32 heavy (non-hydrogen) atoms. The van der Waals surface area contributed by atoms with Gasteiger partial charge in [0.05, 0.1) is 30.0 Å². The summed E-state index contributed by atoms with van der Waals surface area (Å²) >= 11 is 0. The molecule has 1 saturated heterocycles. The Hall–Kier alpha value is -4.20. The van der Waals surface area contributed by atoms with Gasteiger partial charge in [-0.3, -0.25) is 14.5 Å². The predicted molar refractivity (Wildman–Crippen MR) is 112 cm³/mol. The van der Waals surface area contributed by atoms with Crippen LogP contribution in [0.25, 0.3) is 5.76 Å². The highest BCUT2D eigenvalue weighted by atomic mass is 19.1. The van der Waals surface area contributed by atoms with Crippen LogP contribution in [0.4, 0.5) is 14.5 Å². The summed E-state index contributed by atoms with van der Waals surface area (Å²) in [7, 11) is 1.38. The summed E-state index contributed by atoms with van der Waals surface area (Å²) in [5, 5.41) is 20.7. The molecule has 1 unspecified atom stereocenters. The van der Waals surface area contributed by atoms with E-state index < -0.39 is 35.1 Å². The molecule has 0 aliphatic carbocycles. The molecule has 6 nitrogen and oxygen atoms in total. The van der Waals surface area contributed by atoms with Crippen LogP contribution in [0.3, 0.4) is 0 Å². The summed E-state index contributed by atoms with van der Waals surface area (Å²) < 4.78 is 33.4. The standard InChI is InChI=1S/C24H17F2NO5/c1-32-19-5-3-2-4-16(19)22(29)20-21(13-6-9-15(28)10-7-13)27(24(31)23(20)30)18-11-8-14(25)12-17(18)26/h2-12,21,28-29H,1H3/b22-20+. The summed E-state index contributed by atoms with van der Waals surface area (Å²) in [5.41, 5.74) is -0.141. The fourth-order valence-electron chi connectivity index (χ4n) is 3.72. The zero-order chi connectivity index (χ0) is 23.0. The molecule has 162 valence electrons. The number of carbonyl (C=O) groups excluding carboxylic acids is 2. The van der Waals surface area contributed by atoms with Gasteiger partial charge >= 0.3 is 0 Å². The Balaban J connectivity index is 1.99. The largest absolute Gasteiger partial charge is 0.508 e. The van der Waals surface area contributed by atoms with Crippen LogP contribution in [0.1, 0.15) is 17.2 Å². The number of Topliss-reactive ketones (excluding diaryl/α,β-unsaturated/α-hetero) is 1. The third kappa shape index (κ3) is 3.45. The number of para-hydroxylation sites is 1. The third-order valence-corrected chi connectivity index (χ3v) is 5.18. The third-order valence-electron chi connectivity index (χ3n) is 5.18. The van der Waals surface area contributed by atoms with Gasteiger partial charge in [-0.25, -0.2) is 8.78 Å². The van der Waals surface area contributed by atoms with Crippen LogP contribution in [0.2, 0.25) is 0 Å². The lowest BCUT2D eigenvalue weighted by atomic mass is 9.94. The maximum Gasteiger partial charge on any atom is 0.300 e. The van der Waals surface area contributed by atoms with E-state index >= 15 is 0 Å². The van der Waals surface area contributed by atoms with Gasteiger partial charge in [-0.1, -0.05) is 24.3 Å². The number of hydrogen-bond acceptors (Lipinski definition) is 5. The number of ether oxygens (including phenoxy) is 1. The average molecular weight is 437 g/mol. The van der Waals surface area contributed by atoms with Gasteiger partial charge in [0.2, 0.25) is 0 Å². The Labute approximate surface area is 181 Å². The van der Waals surface area contributed by atoms with E-state index in [-0.39, 0.29) is 28.3 Å². The molecule has 2 N–H and O–H groups in total. The van der Waals surface area contributed by atoms with Crippen LogP contribution in [-0.2, 0) is 9.59 Å². The quantitative estimate of drug-likeness (QED) is 0.361. The topological polar surface area (TPSA) is 87.1 Å². The van der Waals surface area contributed by atoms with E-state index in [4.69, 9.17) is 4.74 Å². The second-order valence-corrected chi connectivity index (χ2v) is 7.06. The summed E-state index contributed by atoms with van der Waals surface area (Å²) in [6.07, 6.45) is 0. The number of phenolic OH excluding ortho intramolecular Hbond substituents is 1. The summed E-state index contributed by atoms with van der Waals surface area (Å²) in [6.45, 7) is 0. The van der Waals surface area contributed by atoms with Gasteiger partial charge in [-0.15, -0.1) is 0 Å². The minimum atomic E-state index is -1.24. The number of methoxy groups -OCH3 is 1. The maximum absolute atomic E-state index is 14.6. The van der Waals surface area contributed by atoms with E-state index in [1.807, 2.05) is 0 Å². The Kier molecular flexibility index (Phi) is 5.36. The highest BCUT2D eigenvalue weighted by Gasteiger charge is 2.48. The normalized spacial score (nSPS) is 17.6. The van der Waals surface area contributed by atoms with Gasteiger partial charge in [0.15, 0.2) is 0 Å². The zero-order valence-corrected chi connectivity index (χ0v) is 16.8. The number of amides is 1. The number of rotatable bonds is 4. The van der Waals surface area contributed by atoms with Crippen molar-refractivity contribution in [2.24, 2.45) is 0 Å². The Bertz CT molecular complexity index is 1250. The van der Waals surface area contributed by atoms with E-state index in [0.717, 1.165) is 17.0 Å². The van der Waals surface area contributed by atoms with Crippen molar-refractivity contribution < 1.29 is 33.3 Å². The predicted octanol–water partition coefficient (Wildman–Crippen LogP) is 4.31. The molecule has 0 radical (unpaired) electrons. The smallest absolute Gasteiger partial charge is 0.300 e. The van der Waals surface area contributed by atoms with Crippen molar-refractivity contribution in [2.75, 3.05) is 12.0 Å². The highest BCUT2D eigenvalue weighted by molar-refractivity contribution is 6.51. The molecule has 0 aromatic heterocycles. The molecule has 0 spiro atoms. The van der Waals surface area contributed by atoms with Crippen LogP contribution >= 0.6 is 0 Å². The minimum absolute atomic E-state index is 0.0663. The molecule has 4 rings (SSSR count). The molecule has 1 amide bonds. The fraction of sp³-hybridized carbons (Fsp3) is 0.0833. The molecule has 3 aromatic carbocycles. The second kappa shape index (κ2) is 8.14. The number of halogens is 2. The van der Waals surface area contributed by atoms with Gasteiger partial charge in [0, 0.05) is 6.07 Å². The number of aliphatic hydroxyl groups is 1. The number of ketones is 1.